The number of fused-ring (bicyclic) bond motifs is 1. The summed E-state index contributed by atoms with van der Waals surface area (Å²) in [6.07, 6.45) is 3.04. The topological polar surface area (TPSA) is 53.8 Å². The highest BCUT2D eigenvalue weighted by Crippen LogP contribution is 2.18. The van der Waals surface area contributed by atoms with Gasteiger partial charge in [0.1, 0.15) is 0 Å². The second-order valence-electron chi connectivity index (χ2n) is 3.78. The summed E-state index contributed by atoms with van der Waals surface area (Å²) in [7, 11) is 1.95. The summed E-state index contributed by atoms with van der Waals surface area (Å²) < 4.78 is 0. The van der Waals surface area contributed by atoms with Crippen LogP contribution in [0.15, 0.2) is 30.5 Å². The van der Waals surface area contributed by atoms with Gasteiger partial charge in [0.05, 0.1) is 0 Å². The second kappa shape index (κ2) is 10.6. The molecule has 0 spiro atoms. The normalized spacial score (nSPS) is 11.1. The van der Waals surface area contributed by atoms with Crippen LogP contribution in [0.25, 0.3) is 10.9 Å². The van der Waals surface area contributed by atoms with E-state index in [9.17, 15) is 0 Å². The molecular weight excluding hydrogens is 234 g/mol. The fraction of sp³-hybridized carbons (Fsp3) is 0.500. The number of H-pyrrole nitrogens is 1. The van der Waals surface area contributed by atoms with Gasteiger partial charge >= 0.3 is 0 Å². The largest absolute Gasteiger partial charge is 0.361 e. The van der Waals surface area contributed by atoms with Crippen LogP contribution in [0.1, 0.15) is 33.3 Å². The number of rotatable bonds is 4. The van der Waals surface area contributed by atoms with Crippen molar-refractivity contribution in [2.75, 3.05) is 13.6 Å². The molecule has 1 heterocycles. The summed E-state index contributed by atoms with van der Waals surface area (Å²) in [5, 5.41) is 4.51. The number of aromatic amines is 1. The van der Waals surface area contributed by atoms with Crippen molar-refractivity contribution < 1.29 is 0 Å². The van der Waals surface area contributed by atoms with Crippen LogP contribution in [0.5, 0.6) is 0 Å². The van der Waals surface area contributed by atoms with E-state index < -0.39 is 0 Å². The van der Waals surface area contributed by atoms with E-state index in [0.29, 0.717) is 12.6 Å². The molecule has 0 aliphatic heterocycles. The summed E-state index contributed by atoms with van der Waals surface area (Å²) in [6, 6.07) is 8.70. The molecule has 0 aliphatic carbocycles. The Balaban J connectivity index is 0.000000741. The van der Waals surface area contributed by atoms with Gasteiger partial charge < -0.3 is 16.0 Å². The van der Waals surface area contributed by atoms with E-state index in [1.807, 2.05) is 40.8 Å². The Hall–Kier alpha value is -1.32. The number of hydrogen-bond donors (Lipinski definition) is 3. The van der Waals surface area contributed by atoms with E-state index in [-0.39, 0.29) is 0 Å². The van der Waals surface area contributed by atoms with Crippen LogP contribution in [-0.2, 0) is 6.42 Å². The average Bonchev–Trinajstić information content (AvgIpc) is 2.92. The Morgan fingerprint density at radius 3 is 2.37 bits per heavy atom. The third-order valence-electron chi connectivity index (χ3n) is 2.83. The second-order valence-corrected chi connectivity index (χ2v) is 3.78. The third kappa shape index (κ3) is 5.05. The van der Waals surface area contributed by atoms with Crippen molar-refractivity contribution in [1.82, 2.24) is 10.3 Å². The molecular formula is C16H29N3. The fourth-order valence-corrected chi connectivity index (χ4v) is 1.87. The van der Waals surface area contributed by atoms with Gasteiger partial charge in [-0.05, 0) is 25.1 Å². The first-order chi connectivity index (χ1) is 9.35. The fourth-order valence-electron chi connectivity index (χ4n) is 1.87. The molecule has 2 rings (SSSR count). The molecule has 1 unspecified atom stereocenters. The molecule has 0 fully saturated rings. The van der Waals surface area contributed by atoms with Gasteiger partial charge in [0.25, 0.3) is 0 Å². The molecule has 0 amide bonds. The summed E-state index contributed by atoms with van der Waals surface area (Å²) in [5.74, 6) is 0. The van der Waals surface area contributed by atoms with Gasteiger partial charge in [-0.15, -0.1) is 0 Å². The molecule has 108 valence electrons. The highest BCUT2D eigenvalue weighted by atomic mass is 14.9. The number of nitrogens with two attached hydrogens (primary N) is 1. The van der Waals surface area contributed by atoms with Gasteiger partial charge in [-0.3, -0.25) is 0 Å². The minimum Gasteiger partial charge on any atom is -0.361 e. The Morgan fingerprint density at radius 1 is 1.16 bits per heavy atom. The number of para-hydroxylation sites is 1. The van der Waals surface area contributed by atoms with Crippen LogP contribution < -0.4 is 11.1 Å². The number of likely N-dealkylation sites (N-methyl/N-ethyl adjacent to an activating group) is 1. The molecule has 3 heteroatoms. The Bertz CT molecular complexity index is 430. The van der Waals surface area contributed by atoms with E-state index in [1.54, 1.807) is 0 Å². The minimum atomic E-state index is 0.351. The first-order valence-corrected chi connectivity index (χ1v) is 7.27. The minimum absolute atomic E-state index is 0.351. The molecule has 0 saturated heterocycles. The molecule has 0 bridgehead atoms. The molecule has 0 radical (unpaired) electrons. The van der Waals surface area contributed by atoms with E-state index in [0.717, 1.165) is 6.42 Å². The van der Waals surface area contributed by atoms with Crippen molar-refractivity contribution >= 4 is 10.9 Å². The van der Waals surface area contributed by atoms with Crippen molar-refractivity contribution in [3.63, 3.8) is 0 Å². The number of hydrogen-bond acceptors (Lipinski definition) is 2. The maximum Gasteiger partial charge on any atom is 0.0456 e. The summed E-state index contributed by atoms with van der Waals surface area (Å²) in [6.45, 7) is 8.66. The van der Waals surface area contributed by atoms with E-state index >= 15 is 0 Å². The van der Waals surface area contributed by atoms with Crippen LogP contribution in [0.2, 0.25) is 0 Å². The van der Waals surface area contributed by atoms with Gasteiger partial charge in [-0.25, -0.2) is 0 Å². The molecule has 1 aromatic heterocycles. The lowest BCUT2D eigenvalue weighted by molar-refractivity contribution is 0.570. The average molecular weight is 263 g/mol. The van der Waals surface area contributed by atoms with E-state index in [1.165, 1.54) is 16.5 Å². The zero-order chi connectivity index (χ0) is 14.7. The van der Waals surface area contributed by atoms with E-state index in [2.05, 4.69) is 34.7 Å². The van der Waals surface area contributed by atoms with Gasteiger partial charge in [0.15, 0.2) is 0 Å². The van der Waals surface area contributed by atoms with Gasteiger partial charge in [0, 0.05) is 29.7 Å². The molecule has 19 heavy (non-hydrogen) atoms. The van der Waals surface area contributed by atoms with Crippen LogP contribution in [0, 0.1) is 0 Å². The zero-order valence-corrected chi connectivity index (χ0v) is 13.0. The van der Waals surface area contributed by atoms with Crippen molar-refractivity contribution in [2.24, 2.45) is 5.73 Å². The Kier molecular flexibility index (Phi) is 9.85. The molecule has 2 aromatic rings. The zero-order valence-electron chi connectivity index (χ0n) is 13.0. The SMILES string of the molecule is CC.CC.CNC(CN)Cc1c[nH]c2ccccc12. The summed E-state index contributed by atoms with van der Waals surface area (Å²) in [5.41, 5.74) is 8.19. The molecule has 0 saturated carbocycles. The maximum absolute atomic E-state index is 5.67. The smallest absolute Gasteiger partial charge is 0.0456 e. The predicted molar refractivity (Wildman–Crippen MR) is 86.6 cm³/mol. The van der Waals surface area contributed by atoms with E-state index in [4.69, 9.17) is 5.73 Å². The summed E-state index contributed by atoms with van der Waals surface area (Å²) >= 11 is 0. The van der Waals surface area contributed by atoms with Gasteiger partial charge in [-0.2, -0.15) is 0 Å². The number of aromatic nitrogens is 1. The highest BCUT2D eigenvalue weighted by Gasteiger charge is 2.08. The number of nitrogens with one attached hydrogen (secondary N) is 2. The lowest BCUT2D eigenvalue weighted by Crippen LogP contribution is -2.35. The van der Waals surface area contributed by atoms with Crippen molar-refractivity contribution in [3.8, 4) is 0 Å². The third-order valence-corrected chi connectivity index (χ3v) is 2.83. The Morgan fingerprint density at radius 2 is 1.79 bits per heavy atom. The molecule has 1 aromatic carbocycles. The van der Waals surface area contributed by atoms with Crippen molar-refractivity contribution in [3.05, 3.63) is 36.0 Å². The van der Waals surface area contributed by atoms with Crippen LogP contribution in [0.4, 0.5) is 0 Å². The highest BCUT2D eigenvalue weighted by molar-refractivity contribution is 5.83. The van der Waals surface area contributed by atoms with Crippen molar-refractivity contribution in [2.45, 2.75) is 40.2 Å². The quantitative estimate of drug-likeness (QED) is 0.792. The monoisotopic (exact) mass is 263 g/mol. The standard InChI is InChI=1S/C12H17N3.2C2H6/c1-14-10(7-13)6-9-8-15-12-5-3-2-4-11(9)12;2*1-2/h2-5,8,10,14-15H,6-7,13H2,1H3;2*1-2H3. The molecule has 1 atom stereocenters. The predicted octanol–water partition coefficient (Wildman–Crippen LogP) is 3.31. The molecule has 0 aliphatic rings. The lowest BCUT2D eigenvalue weighted by Gasteiger charge is -2.12. The van der Waals surface area contributed by atoms with Crippen LogP contribution in [-0.4, -0.2) is 24.6 Å². The summed E-state index contributed by atoms with van der Waals surface area (Å²) in [4.78, 5) is 3.27. The first kappa shape index (κ1) is 17.7. The maximum atomic E-state index is 5.67. The molecule has 3 nitrogen and oxygen atoms in total. The van der Waals surface area contributed by atoms with Gasteiger partial charge in [-0.1, -0.05) is 45.9 Å². The lowest BCUT2D eigenvalue weighted by atomic mass is 10.1. The Labute approximate surface area is 117 Å². The molecule has 4 N–H and O–H groups in total. The van der Waals surface area contributed by atoms with Gasteiger partial charge in [0.2, 0.25) is 0 Å². The van der Waals surface area contributed by atoms with Crippen LogP contribution in [0.3, 0.4) is 0 Å². The first-order valence-electron chi connectivity index (χ1n) is 7.27. The van der Waals surface area contributed by atoms with Crippen molar-refractivity contribution in [1.29, 1.82) is 0 Å². The number of benzene rings is 1. The van der Waals surface area contributed by atoms with Crippen LogP contribution >= 0.6 is 0 Å².